The van der Waals surface area contributed by atoms with Gasteiger partial charge in [0, 0.05) is 33.0 Å². The molecule has 1 fully saturated rings. The maximum Gasteiger partial charge on any atom is 0.0575 e. The molecule has 0 saturated carbocycles. The summed E-state index contributed by atoms with van der Waals surface area (Å²) >= 11 is 0. The van der Waals surface area contributed by atoms with Crippen molar-refractivity contribution < 1.29 is 27.0 Å². The zero-order valence-electron chi connectivity index (χ0n) is 21.5. The Hall–Kier alpha value is -0.0800. The Bertz CT molecular complexity index is 501. The zero-order valence-corrected chi connectivity index (χ0v) is 5.52. The molecule has 0 spiro atoms. The maximum atomic E-state index is 10.3. The molecule has 1 heterocycles. The number of hydrogen-bond acceptors (Lipinski definition) is 2. The largest absolute Gasteiger partial charge is 0.393 e. The summed E-state index contributed by atoms with van der Waals surface area (Å²) in [6, 6.07) is 0. The van der Waals surface area contributed by atoms with Crippen LogP contribution in [0.2, 0.25) is 0 Å². The van der Waals surface area contributed by atoms with Crippen molar-refractivity contribution in [2.24, 2.45) is 0 Å². The molecule has 0 aliphatic carbocycles. The van der Waals surface area contributed by atoms with Crippen LogP contribution in [-0.2, 0) is 0 Å². The van der Waals surface area contributed by atoms with Gasteiger partial charge in [0.05, 0.1) is 6.10 Å². The highest BCUT2D eigenvalue weighted by molar-refractivity contribution is 4.96. The van der Waals surface area contributed by atoms with Crippen molar-refractivity contribution >= 4 is 0 Å². The fourth-order valence-corrected chi connectivity index (χ4v) is 0.800. The molecular weight excluding hydrogens is 138 g/mol. The molecule has 0 unspecified atom stereocenters. The average Bonchev–Trinajstić information content (AvgIpc) is 2.29. The fourth-order valence-electron chi connectivity index (χ4n) is 0.800. The standard InChI is InChI=1S/C9H19NO/c1-8(2)5-7(11)6-9(3,4)10-8/h7,10-11H,5-6H2,1-4H3/i1D3,2D3,3D3,4D3,5D2,6D2. The molecule has 0 radical (unpaired) electrons. The normalized spacial score (nSPS) is 65.5. The Morgan fingerprint density at radius 1 is 1.36 bits per heavy atom. The van der Waals surface area contributed by atoms with Gasteiger partial charge >= 0.3 is 0 Å². The molecule has 2 heteroatoms. The molecule has 66 valence electrons. The first-order valence-electron chi connectivity index (χ1n) is 10.8. The average molecular weight is 173 g/mol. The van der Waals surface area contributed by atoms with E-state index >= 15 is 0 Å². The molecular formula is C9H19NO. The second kappa shape index (κ2) is 2.46. The molecule has 0 bridgehead atoms. The van der Waals surface area contributed by atoms with E-state index < -0.39 is 57.3 Å². The number of aliphatic hydroxyl groups excluding tert-OH is 1. The second-order valence-corrected chi connectivity index (χ2v) is 2.32. The summed E-state index contributed by atoms with van der Waals surface area (Å²) in [5.74, 6) is 0. The summed E-state index contributed by atoms with van der Waals surface area (Å²) in [6.07, 6.45) is -10.8. The number of piperidine rings is 1. The number of nitrogens with one attached hydrogen (secondary N) is 1. The predicted octanol–water partition coefficient (Wildman–Crippen LogP) is 1.29. The Morgan fingerprint density at radius 3 is 2.18 bits per heavy atom. The van der Waals surface area contributed by atoms with Crippen molar-refractivity contribution in [3.8, 4) is 0 Å². The van der Waals surface area contributed by atoms with Gasteiger partial charge in [0.15, 0.2) is 0 Å². The van der Waals surface area contributed by atoms with Gasteiger partial charge in [-0.05, 0) is 40.2 Å². The highest BCUT2D eigenvalue weighted by Crippen LogP contribution is 2.27. The van der Waals surface area contributed by atoms with Crippen LogP contribution >= 0.6 is 0 Å². The van der Waals surface area contributed by atoms with Gasteiger partial charge in [-0.2, -0.15) is 0 Å². The van der Waals surface area contributed by atoms with Crippen LogP contribution in [0.25, 0.3) is 0 Å². The quantitative estimate of drug-likeness (QED) is 0.578. The second-order valence-electron chi connectivity index (χ2n) is 2.32. The van der Waals surface area contributed by atoms with Gasteiger partial charge in [-0.3, -0.25) is 0 Å². The Labute approximate surface area is 91.5 Å². The van der Waals surface area contributed by atoms with E-state index in [4.69, 9.17) is 21.9 Å². The molecule has 0 atom stereocenters. The van der Waals surface area contributed by atoms with E-state index in [0.29, 0.717) is 0 Å². The number of rotatable bonds is 0. The summed E-state index contributed by atoms with van der Waals surface area (Å²) in [5, 5.41) is 11.7. The minimum absolute atomic E-state index is 1.39. The van der Waals surface area contributed by atoms with Crippen LogP contribution in [0.15, 0.2) is 0 Å². The van der Waals surface area contributed by atoms with E-state index in [9.17, 15) is 5.11 Å². The molecule has 1 aliphatic heterocycles. The van der Waals surface area contributed by atoms with E-state index in [1.807, 2.05) is 0 Å². The van der Waals surface area contributed by atoms with Crippen LogP contribution in [0.5, 0.6) is 0 Å². The van der Waals surface area contributed by atoms with Gasteiger partial charge in [0.25, 0.3) is 0 Å². The highest BCUT2D eigenvalue weighted by Gasteiger charge is 2.36. The highest BCUT2D eigenvalue weighted by atomic mass is 16.3. The maximum absolute atomic E-state index is 10.3. The van der Waals surface area contributed by atoms with Crippen LogP contribution < -0.4 is 5.32 Å². The molecule has 0 amide bonds. The van der Waals surface area contributed by atoms with Crippen molar-refractivity contribution in [1.82, 2.24) is 5.32 Å². The Morgan fingerprint density at radius 2 is 1.82 bits per heavy atom. The van der Waals surface area contributed by atoms with Gasteiger partial charge < -0.3 is 10.4 Å². The van der Waals surface area contributed by atoms with Crippen LogP contribution in [0, 0.1) is 0 Å². The van der Waals surface area contributed by atoms with E-state index in [1.54, 1.807) is 0 Å². The van der Waals surface area contributed by atoms with Gasteiger partial charge in [-0.25, -0.2) is 0 Å². The van der Waals surface area contributed by atoms with Crippen molar-refractivity contribution in [2.45, 2.75) is 57.3 Å². The van der Waals surface area contributed by atoms with E-state index in [1.165, 1.54) is 5.32 Å². The first-order valence-corrected chi connectivity index (χ1v) is 2.84. The summed E-state index contributed by atoms with van der Waals surface area (Å²) < 4.78 is 122. The lowest BCUT2D eigenvalue weighted by molar-refractivity contribution is 0.0396. The molecule has 1 saturated heterocycles. The van der Waals surface area contributed by atoms with Crippen LogP contribution in [0.4, 0.5) is 0 Å². The van der Waals surface area contributed by atoms with Gasteiger partial charge in [-0.1, -0.05) is 0 Å². The molecule has 11 heavy (non-hydrogen) atoms. The first kappa shape index (κ1) is 1.48. The fraction of sp³-hybridized carbons (Fsp3) is 1.00. The first-order chi connectivity index (χ1) is 11.4. The van der Waals surface area contributed by atoms with Gasteiger partial charge in [0.1, 0.15) is 0 Å². The lowest BCUT2D eigenvalue weighted by Gasteiger charge is -2.44. The molecule has 0 aromatic carbocycles. The van der Waals surface area contributed by atoms with E-state index in [0.717, 1.165) is 0 Å². The number of hydrogen-bond donors (Lipinski definition) is 2. The van der Waals surface area contributed by atoms with E-state index in [-0.39, 0.29) is 0 Å². The smallest absolute Gasteiger partial charge is 0.0575 e. The van der Waals surface area contributed by atoms with Crippen LogP contribution in [-0.4, -0.2) is 22.3 Å². The van der Waals surface area contributed by atoms with Crippen LogP contribution in [0.3, 0.4) is 0 Å². The molecule has 1 aliphatic rings. The molecule has 2 N–H and O–H groups in total. The topological polar surface area (TPSA) is 32.3 Å². The Kier molecular flexibility index (Phi) is 0.331. The summed E-state index contributed by atoms with van der Waals surface area (Å²) in [5.41, 5.74) is -7.80. The monoisotopic (exact) mass is 173 g/mol. The Balaban J connectivity index is 4.20. The lowest BCUT2D eigenvalue weighted by atomic mass is 9.81. The predicted molar refractivity (Wildman–Crippen MR) is 46.5 cm³/mol. The zero-order chi connectivity index (χ0) is 22.3. The van der Waals surface area contributed by atoms with Gasteiger partial charge in [0.2, 0.25) is 0 Å². The minimum Gasteiger partial charge on any atom is -0.393 e. The van der Waals surface area contributed by atoms with Crippen molar-refractivity contribution in [3.63, 3.8) is 0 Å². The van der Waals surface area contributed by atoms with E-state index in [2.05, 4.69) is 0 Å². The molecule has 0 aromatic heterocycles. The molecule has 2 nitrogen and oxygen atoms in total. The number of aliphatic hydroxyl groups is 1. The van der Waals surface area contributed by atoms with Crippen LogP contribution in [0.1, 0.15) is 62.1 Å². The van der Waals surface area contributed by atoms with Crippen molar-refractivity contribution in [1.29, 1.82) is 0 Å². The van der Waals surface area contributed by atoms with Crippen molar-refractivity contribution in [2.75, 3.05) is 0 Å². The third-order valence-corrected chi connectivity index (χ3v) is 1.08. The summed E-state index contributed by atoms with van der Waals surface area (Å²) in [6.45, 7) is -15.6. The lowest BCUT2D eigenvalue weighted by Crippen LogP contribution is -2.59. The summed E-state index contributed by atoms with van der Waals surface area (Å²) in [7, 11) is 0. The molecule has 0 aromatic rings. The third kappa shape index (κ3) is 2.46. The summed E-state index contributed by atoms with van der Waals surface area (Å²) in [4.78, 5) is 0. The minimum atomic E-state index is -3.90. The molecule has 1 rings (SSSR count). The van der Waals surface area contributed by atoms with Gasteiger partial charge in [-0.15, -0.1) is 0 Å². The third-order valence-electron chi connectivity index (χ3n) is 1.08. The SMILES string of the molecule is [2H]C([2H])([2H])C1(C([2H])([2H])[2H])NC(C([2H])([2H])[2H])(C([2H])([2H])[2H])C([2H])([2H])C(O)C1([2H])[2H]. The van der Waals surface area contributed by atoms with Crippen molar-refractivity contribution in [3.05, 3.63) is 0 Å².